The highest BCUT2D eigenvalue weighted by Crippen LogP contribution is 2.07. The van der Waals surface area contributed by atoms with E-state index in [0.29, 0.717) is 12.1 Å². The predicted octanol–water partition coefficient (Wildman–Crippen LogP) is -0.382. The molecule has 0 aliphatic heterocycles. The lowest BCUT2D eigenvalue weighted by molar-refractivity contribution is -0.255. The third-order valence-corrected chi connectivity index (χ3v) is 1.35. The van der Waals surface area contributed by atoms with E-state index in [1.165, 1.54) is 24.3 Å². The second kappa shape index (κ2) is 3.52. The topological polar surface area (TPSA) is 69.2 Å². The minimum Gasteiger partial charge on any atom is -0.545 e. The van der Waals surface area contributed by atoms with Gasteiger partial charge in [0.2, 0.25) is 6.41 Å². The van der Waals surface area contributed by atoms with E-state index in [-0.39, 0.29) is 5.56 Å². The molecule has 0 saturated heterocycles. The lowest BCUT2D eigenvalue weighted by Gasteiger charge is -2.02. The predicted molar refractivity (Wildman–Crippen MR) is 40.5 cm³/mol. The van der Waals surface area contributed by atoms with Crippen molar-refractivity contribution in [1.82, 2.24) is 0 Å². The average Bonchev–Trinajstić information content (AvgIpc) is 2.06. The van der Waals surface area contributed by atoms with Gasteiger partial charge in [-0.3, -0.25) is 4.79 Å². The highest BCUT2D eigenvalue weighted by molar-refractivity contribution is 5.86. The van der Waals surface area contributed by atoms with Crippen molar-refractivity contribution >= 4 is 18.1 Å². The van der Waals surface area contributed by atoms with Crippen LogP contribution in [0, 0.1) is 0 Å². The number of hydrogen-bond donors (Lipinski definition) is 1. The number of anilines is 1. The summed E-state index contributed by atoms with van der Waals surface area (Å²) in [6.07, 6.45) is 0.522. The molecule has 1 rings (SSSR count). The summed E-state index contributed by atoms with van der Waals surface area (Å²) in [5.41, 5.74) is 0.640. The Morgan fingerprint density at radius 2 is 1.92 bits per heavy atom. The molecule has 4 heteroatoms. The van der Waals surface area contributed by atoms with Crippen LogP contribution in [0.4, 0.5) is 5.69 Å². The molecular weight excluding hydrogens is 158 g/mol. The van der Waals surface area contributed by atoms with E-state index in [9.17, 15) is 14.7 Å². The Bertz CT molecular complexity index is 292. The zero-order chi connectivity index (χ0) is 8.97. The van der Waals surface area contributed by atoms with Crippen molar-refractivity contribution in [1.29, 1.82) is 0 Å². The second-order valence-corrected chi connectivity index (χ2v) is 2.13. The largest absolute Gasteiger partial charge is 0.545 e. The number of aromatic carboxylic acids is 1. The van der Waals surface area contributed by atoms with Gasteiger partial charge >= 0.3 is 0 Å². The molecule has 0 fully saturated rings. The molecule has 0 aromatic heterocycles. The van der Waals surface area contributed by atoms with Crippen molar-refractivity contribution in [2.24, 2.45) is 0 Å². The van der Waals surface area contributed by atoms with Gasteiger partial charge in [0.05, 0.1) is 5.97 Å². The molecule has 0 saturated carbocycles. The van der Waals surface area contributed by atoms with Crippen LogP contribution in [-0.4, -0.2) is 12.4 Å². The van der Waals surface area contributed by atoms with Gasteiger partial charge in [-0.05, 0) is 17.7 Å². The van der Waals surface area contributed by atoms with Crippen LogP contribution >= 0.6 is 0 Å². The fraction of sp³-hybridized carbons (Fsp3) is 0. The van der Waals surface area contributed by atoms with Crippen LogP contribution in [0.2, 0.25) is 0 Å². The molecule has 4 nitrogen and oxygen atoms in total. The molecule has 0 unspecified atom stereocenters. The number of amides is 1. The quantitative estimate of drug-likeness (QED) is 0.619. The number of rotatable bonds is 3. The molecule has 0 bridgehead atoms. The Hall–Kier alpha value is -1.84. The zero-order valence-electron chi connectivity index (χ0n) is 6.11. The van der Waals surface area contributed by atoms with Gasteiger partial charge in [-0.25, -0.2) is 0 Å². The minimum absolute atomic E-state index is 0.0893. The van der Waals surface area contributed by atoms with Crippen LogP contribution in [-0.2, 0) is 4.79 Å². The van der Waals surface area contributed by atoms with Crippen molar-refractivity contribution in [3.05, 3.63) is 29.8 Å². The van der Waals surface area contributed by atoms with Crippen LogP contribution in [0.25, 0.3) is 0 Å². The zero-order valence-corrected chi connectivity index (χ0v) is 6.11. The van der Waals surface area contributed by atoms with Crippen LogP contribution < -0.4 is 10.4 Å². The molecule has 0 aliphatic rings. The highest BCUT2D eigenvalue weighted by atomic mass is 16.4. The molecule has 1 N–H and O–H groups in total. The number of carbonyl (C=O) groups excluding carboxylic acids is 2. The average molecular weight is 164 g/mol. The Morgan fingerprint density at radius 1 is 1.33 bits per heavy atom. The lowest BCUT2D eigenvalue weighted by Crippen LogP contribution is -2.21. The molecule has 0 aliphatic carbocycles. The number of nitrogens with one attached hydrogen (secondary N) is 1. The molecule has 0 atom stereocenters. The van der Waals surface area contributed by atoms with E-state index in [1.54, 1.807) is 0 Å². The number of hydrogen-bond acceptors (Lipinski definition) is 3. The van der Waals surface area contributed by atoms with Gasteiger partial charge in [0, 0.05) is 5.69 Å². The van der Waals surface area contributed by atoms with Crippen LogP contribution in [0.3, 0.4) is 0 Å². The summed E-state index contributed by atoms with van der Waals surface area (Å²) in [7, 11) is 0. The minimum atomic E-state index is -1.23. The van der Waals surface area contributed by atoms with Gasteiger partial charge < -0.3 is 15.2 Å². The Kier molecular flexibility index (Phi) is 2.42. The molecule has 0 radical (unpaired) electrons. The van der Waals surface area contributed by atoms with Crippen LogP contribution in [0.1, 0.15) is 10.4 Å². The van der Waals surface area contributed by atoms with Gasteiger partial charge in [0.25, 0.3) is 0 Å². The van der Waals surface area contributed by atoms with Crippen LogP contribution in [0.5, 0.6) is 0 Å². The van der Waals surface area contributed by atoms with Gasteiger partial charge in [-0.1, -0.05) is 12.1 Å². The van der Waals surface area contributed by atoms with E-state index in [0.717, 1.165) is 0 Å². The van der Waals surface area contributed by atoms with Crippen molar-refractivity contribution in [2.75, 3.05) is 5.32 Å². The molecule has 12 heavy (non-hydrogen) atoms. The fourth-order valence-electron chi connectivity index (χ4n) is 0.771. The van der Waals surface area contributed by atoms with E-state index >= 15 is 0 Å². The van der Waals surface area contributed by atoms with Crippen molar-refractivity contribution in [3.8, 4) is 0 Å². The Balaban J connectivity index is 2.85. The SMILES string of the molecule is O=CNc1ccc(C(=O)[O-])cc1. The van der Waals surface area contributed by atoms with Crippen molar-refractivity contribution in [3.63, 3.8) is 0 Å². The first-order chi connectivity index (χ1) is 5.74. The number of carboxylic acid groups (broad SMARTS) is 1. The van der Waals surface area contributed by atoms with Crippen LogP contribution in [0.15, 0.2) is 24.3 Å². The standard InChI is InChI=1S/C8H7NO3/c10-5-9-7-3-1-6(2-4-7)8(11)12/h1-5H,(H,9,10)(H,11,12)/p-1. The Labute approximate surface area is 68.8 Å². The molecule has 0 spiro atoms. The number of benzene rings is 1. The summed E-state index contributed by atoms with van der Waals surface area (Å²) in [4.78, 5) is 20.2. The number of carboxylic acids is 1. The molecule has 1 aromatic carbocycles. The molecule has 1 aromatic rings. The summed E-state index contributed by atoms with van der Waals surface area (Å²) in [5.74, 6) is -1.23. The third kappa shape index (κ3) is 1.82. The highest BCUT2D eigenvalue weighted by Gasteiger charge is 1.92. The van der Waals surface area contributed by atoms with Gasteiger partial charge in [0.1, 0.15) is 0 Å². The maximum absolute atomic E-state index is 10.3. The van der Waals surface area contributed by atoms with E-state index < -0.39 is 5.97 Å². The maximum atomic E-state index is 10.3. The van der Waals surface area contributed by atoms with Gasteiger partial charge in [0.15, 0.2) is 0 Å². The summed E-state index contributed by atoms with van der Waals surface area (Å²) in [5, 5.41) is 12.6. The van der Waals surface area contributed by atoms with Gasteiger partial charge in [-0.2, -0.15) is 0 Å². The maximum Gasteiger partial charge on any atom is 0.211 e. The summed E-state index contributed by atoms with van der Waals surface area (Å²) in [6, 6.07) is 5.70. The first-order valence-electron chi connectivity index (χ1n) is 3.25. The lowest BCUT2D eigenvalue weighted by atomic mass is 10.2. The molecule has 1 amide bonds. The molecular formula is C8H6NO3-. The monoisotopic (exact) mass is 164 g/mol. The second-order valence-electron chi connectivity index (χ2n) is 2.13. The summed E-state index contributed by atoms with van der Waals surface area (Å²) in [6.45, 7) is 0. The first kappa shape index (κ1) is 8.26. The van der Waals surface area contributed by atoms with Crippen molar-refractivity contribution in [2.45, 2.75) is 0 Å². The normalized spacial score (nSPS) is 9.00. The molecule has 62 valence electrons. The fourth-order valence-corrected chi connectivity index (χ4v) is 0.771. The van der Waals surface area contributed by atoms with Gasteiger partial charge in [-0.15, -0.1) is 0 Å². The summed E-state index contributed by atoms with van der Waals surface area (Å²) >= 11 is 0. The summed E-state index contributed by atoms with van der Waals surface area (Å²) < 4.78 is 0. The smallest absolute Gasteiger partial charge is 0.211 e. The van der Waals surface area contributed by atoms with E-state index in [4.69, 9.17) is 0 Å². The first-order valence-corrected chi connectivity index (χ1v) is 3.25. The van der Waals surface area contributed by atoms with Crippen molar-refractivity contribution < 1.29 is 14.7 Å². The number of carbonyl (C=O) groups is 2. The van der Waals surface area contributed by atoms with E-state index in [2.05, 4.69) is 5.32 Å². The third-order valence-electron chi connectivity index (χ3n) is 1.35. The molecule has 0 heterocycles. The Morgan fingerprint density at radius 3 is 2.33 bits per heavy atom. The van der Waals surface area contributed by atoms with E-state index in [1.807, 2.05) is 0 Å².